The molecule has 0 spiro atoms. The minimum atomic E-state index is -0.152. The molecule has 3 heterocycles. The summed E-state index contributed by atoms with van der Waals surface area (Å²) in [5.74, 6) is 1.45. The summed E-state index contributed by atoms with van der Waals surface area (Å²) < 4.78 is 9.43. The molecule has 0 radical (unpaired) electrons. The predicted octanol–water partition coefficient (Wildman–Crippen LogP) is 2.69. The van der Waals surface area contributed by atoms with E-state index < -0.39 is 0 Å². The SMILES string of the molecule is Cc1ccc(C)n1-c1c(C(=O)N[C@@H]2COc3ccccc32)cnn1C. The molecule has 1 atom stereocenters. The van der Waals surface area contributed by atoms with Crippen LogP contribution in [0.2, 0.25) is 0 Å². The van der Waals surface area contributed by atoms with Crippen LogP contribution in [0.15, 0.2) is 42.6 Å². The van der Waals surface area contributed by atoms with Crippen LogP contribution in [-0.2, 0) is 7.05 Å². The molecule has 0 saturated heterocycles. The molecule has 1 amide bonds. The molecule has 0 bridgehead atoms. The maximum absolute atomic E-state index is 12.9. The zero-order chi connectivity index (χ0) is 17.6. The smallest absolute Gasteiger partial charge is 0.257 e. The van der Waals surface area contributed by atoms with Crippen LogP contribution in [0.1, 0.15) is 33.4 Å². The maximum atomic E-state index is 12.9. The van der Waals surface area contributed by atoms with Crippen LogP contribution >= 0.6 is 0 Å². The predicted molar refractivity (Wildman–Crippen MR) is 94.2 cm³/mol. The molecule has 4 rings (SSSR count). The highest BCUT2D eigenvalue weighted by Gasteiger charge is 2.27. The largest absolute Gasteiger partial charge is 0.491 e. The second-order valence-electron chi connectivity index (χ2n) is 6.33. The Morgan fingerprint density at radius 2 is 1.92 bits per heavy atom. The molecule has 128 valence electrons. The average molecular weight is 336 g/mol. The first-order valence-corrected chi connectivity index (χ1v) is 8.26. The van der Waals surface area contributed by atoms with E-state index >= 15 is 0 Å². The number of hydrogen-bond acceptors (Lipinski definition) is 3. The Balaban J connectivity index is 1.67. The summed E-state index contributed by atoms with van der Waals surface area (Å²) >= 11 is 0. The lowest BCUT2D eigenvalue weighted by molar-refractivity contribution is 0.0930. The van der Waals surface area contributed by atoms with Gasteiger partial charge in [-0.1, -0.05) is 18.2 Å². The Hall–Kier alpha value is -3.02. The molecule has 0 saturated carbocycles. The second-order valence-corrected chi connectivity index (χ2v) is 6.33. The van der Waals surface area contributed by atoms with E-state index in [0.29, 0.717) is 12.2 Å². The normalized spacial score (nSPS) is 15.7. The highest BCUT2D eigenvalue weighted by Crippen LogP contribution is 2.32. The standard InChI is InChI=1S/C19H20N4O2/c1-12-8-9-13(2)23(12)19-15(10-20-22(19)3)18(24)21-16-11-25-17-7-5-4-6-14(16)17/h4-10,16H,11H2,1-3H3,(H,21,24)/t16-/m1/s1. The van der Waals surface area contributed by atoms with Crippen molar-refractivity contribution in [3.63, 3.8) is 0 Å². The molecule has 3 aromatic rings. The molecule has 1 aromatic carbocycles. The lowest BCUT2D eigenvalue weighted by atomic mass is 10.1. The van der Waals surface area contributed by atoms with Crippen molar-refractivity contribution in [2.75, 3.05) is 6.61 Å². The fraction of sp³-hybridized carbons (Fsp3) is 0.263. The third-order valence-corrected chi connectivity index (χ3v) is 4.64. The Kier molecular flexibility index (Phi) is 3.60. The summed E-state index contributed by atoms with van der Waals surface area (Å²) in [6, 6.07) is 11.7. The Labute approximate surface area is 146 Å². The van der Waals surface area contributed by atoms with Gasteiger partial charge in [0.05, 0.1) is 12.2 Å². The number of amides is 1. The first-order chi connectivity index (χ1) is 12.1. The van der Waals surface area contributed by atoms with Crippen LogP contribution in [0, 0.1) is 13.8 Å². The average Bonchev–Trinajstić information content (AvgIpc) is 3.26. The molecule has 6 nitrogen and oxygen atoms in total. The third-order valence-electron chi connectivity index (χ3n) is 4.64. The van der Waals surface area contributed by atoms with Crippen LogP contribution in [0.3, 0.4) is 0 Å². The van der Waals surface area contributed by atoms with Crippen molar-refractivity contribution < 1.29 is 9.53 Å². The van der Waals surface area contributed by atoms with Crippen molar-refractivity contribution in [3.8, 4) is 11.6 Å². The van der Waals surface area contributed by atoms with Crippen LogP contribution in [-0.4, -0.2) is 26.9 Å². The van der Waals surface area contributed by atoms with Crippen LogP contribution < -0.4 is 10.1 Å². The molecule has 25 heavy (non-hydrogen) atoms. The van der Waals surface area contributed by atoms with Gasteiger partial charge in [0.2, 0.25) is 0 Å². The zero-order valence-corrected chi connectivity index (χ0v) is 14.5. The van der Waals surface area contributed by atoms with Gasteiger partial charge in [0.1, 0.15) is 23.7 Å². The lowest BCUT2D eigenvalue weighted by Gasteiger charge is -2.15. The minimum Gasteiger partial charge on any atom is -0.491 e. The van der Waals surface area contributed by atoms with Gasteiger partial charge in [0, 0.05) is 24.0 Å². The van der Waals surface area contributed by atoms with Gasteiger partial charge in [-0.25, -0.2) is 0 Å². The highest BCUT2D eigenvalue weighted by molar-refractivity contribution is 5.97. The number of carbonyl (C=O) groups is 1. The molecular formula is C19H20N4O2. The molecule has 0 unspecified atom stereocenters. The maximum Gasteiger partial charge on any atom is 0.257 e. The number of fused-ring (bicyclic) bond motifs is 1. The monoisotopic (exact) mass is 336 g/mol. The fourth-order valence-corrected chi connectivity index (χ4v) is 3.38. The van der Waals surface area contributed by atoms with E-state index in [4.69, 9.17) is 4.74 Å². The molecule has 1 aliphatic rings. The van der Waals surface area contributed by atoms with Crippen molar-refractivity contribution in [1.82, 2.24) is 19.7 Å². The Bertz CT molecular complexity index is 935. The van der Waals surface area contributed by atoms with E-state index in [9.17, 15) is 4.79 Å². The van der Waals surface area contributed by atoms with Crippen molar-refractivity contribution in [1.29, 1.82) is 0 Å². The summed E-state index contributed by atoms with van der Waals surface area (Å²) in [5.41, 5.74) is 3.68. The quantitative estimate of drug-likeness (QED) is 0.800. The van der Waals surface area contributed by atoms with Crippen LogP contribution in [0.25, 0.3) is 5.82 Å². The van der Waals surface area contributed by atoms with Crippen molar-refractivity contribution in [2.45, 2.75) is 19.9 Å². The van der Waals surface area contributed by atoms with E-state index in [1.165, 1.54) is 0 Å². The van der Waals surface area contributed by atoms with Gasteiger partial charge in [-0.2, -0.15) is 5.10 Å². The van der Waals surface area contributed by atoms with Crippen LogP contribution in [0.5, 0.6) is 5.75 Å². The van der Waals surface area contributed by atoms with Crippen LogP contribution in [0.4, 0.5) is 0 Å². The number of hydrogen-bond donors (Lipinski definition) is 1. The van der Waals surface area contributed by atoms with Gasteiger partial charge in [-0.05, 0) is 32.0 Å². The van der Waals surface area contributed by atoms with Gasteiger partial charge < -0.3 is 14.6 Å². The number of aryl methyl sites for hydroxylation is 3. The van der Waals surface area contributed by atoms with Gasteiger partial charge >= 0.3 is 0 Å². The number of ether oxygens (including phenoxy) is 1. The second kappa shape index (κ2) is 5.81. The topological polar surface area (TPSA) is 61.1 Å². The lowest BCUT2D eigenvalue weighted by Crippen LogP contribution is -2.30. The molecule has 6 heteroatoms. The fourth-order valence-electron chi connectivity index (χ4n) is 3.38. The molecule has 1 N–H and O–H groups in total. The number of carbonyl (C=O) groups excluding carboxylic acids is 1. The summed E-state index contributed by atoms with van der Waals surface area (Å²) in [6.07, 6.45) is 1.62. The minimum absolute atomic E-state index is 0.149. The van der Waals surface area contributed by atoms with E-state index in [1.54, 1.807) is 10.9 Å². The van der Waals surface area contributed by atoms with E-state index in [-0.39, 0.29) is 11.9 Å². The first-order valence-electron chi connectivity index (χ1n) is 8.26. The number of rotatable bonds is 3. The Morgan fingerprint density at radius 3 is 2.68 bits per heavy atom. The molecule has 0 fully saturated rings. The van der Waals surface area contributed by atoms with E-state index in [2.05, 4.69) is 10.4 Å². The number of nitrogens with zero attached hydrogens (tertiary/aromatic N) is 3. The zero-order valence-electron chi connectivity index (χ0n) is 14.5. The molecular weight excluding hydrogens is 316 g/mol. The number of aromatic nitrogens is 3. The molecule has 1 aliphatic heterocycles. The Morgan fingerprint density at radius 1 is 1.20 bits per heavy atom. The van der Waals surface area contributed by atoms with Gasteiger partial charge in [0.25, 0.3) is 5.91 Å². The first kappa shape index (κ1) is 15.5. The van der Waals surface area contributed by atoms with Gasteiger partial charge in [-0.15, -0.1) is 0 Å². The number of nitrogens with one attached hydrogen (secondary N) is 1. The van der Waals surface area contributed by atoms with E-state index in [0.717, 1.165) is 28.5 Å². The summed E-state index contributed by atoms with van der Waals surface area (Å²) in [5, 5.41) is 7.37. The van der Waals surface area contributed by atoms with Gasteiger partial charge in [-0.3, -0.25) is 9.48 Å². The van der Waals surface area contributed by atoms with E-state index in [1.807, 2.05) is 61.9 Å². The summed E-state index contributed by atoms with van der Waals surface area (Å²) in [6.45, 7) is 4.48. The van der Waals surface area contributed by atoms with Gasteiger partial charge in [0.15, 0.2) is 0 Å². The summed E-state index contributed by atoms with van der Waals surface area (Å²) in [4.78, 5) is 12.9. The number of para-hydroxylation sites is 1. The third kappa shape index (κ3) is 2.50. The molecule has 2 aromatic heterocycles. The van der Waals surface area contributed by atoms with Crippen molar-refractivity contribution in [3.05, 3.63) is 65.1 Å². The van der Waals surface area contributed by atoms with Crippen molar-refractivity contribution in [2.24, 2.45) is 7.05 Å². The highest BCUT2D eigenvalue weighted by atomic mass is 16.5. The summed E-state index contributed by atoms with van der Waals surface area (Å²) in [7, 11) is 1.85. The van der Waals surface area contributed by atoms with Crippen molar-refractivity contribution >= 4 is 5.91 Å². The number of benzene rings is 1. The molecule has 0 aliphatic carbocycles.